The number of aromatic nitrogens is 4. The third-order valence-corrected chi connectivity index (χ3v) is 4.28. The van der Waals surface area contributed by atoms with Crippen molar-refractivity contribution in [1.82, 2.24) is 19.7 Å². The number of ether oxygens (including phenoxy) is 1. The zero-order chi connectivity index (χ0) is 16.6. The van der Waals surface area contributed by atoms with Crippen LogP contribution in [0.1, 0.15) is 45.6 Å². The first-order valence-corrected chi connectivity index (χ1v) is 8.67. The molecule has 0 bridgehead atoms. The molecule has 1 fully saturated rings. The van der Waals surface area contributed by atoms with Crippen LogP contribution in [0, 0.1) is 6.92 Å². The van der Waals surface area contributed by atoms with Crippen molar-refractivity contribution in [3.8, 4) is 0 Å². The molecular formula is C17H27N5O. The highest BCUT2D eigenvalue weighted by atomic mass is 16.5. The molecule has 3 heterocycles. The highest BCUT2D eigenvalue weighted by Crippen LogP contribution is 2.28. The van der Waals surface area contributed by atoms with Crippen molar-refractivity contribution in [2.75, 3.05) is 18.0 Å². The van der Waals surface area contributed by atoms with Gasteiger partial charge in [0.15, 0.2) is 5.82 Å². The molecule has 1 saturated heterocycles. The second kappa shape index (κ2) is 6.43. The van der Waals surface area contributed by atoms with E-state index >= 15 is 0 Å². The number of fused-ring (bicyclic) bond motifs is 1. The van der Waals surface area contributed by atoms with Crippen molar-refractivity contribution in [1.29, 1.82) is 0 Å². The van der Waals surface area contributed by atoms with Gasteiger partial charge in [0.2, 0.25) is 0 Å². The summed E-state index contributed by atoms with van der Waals surface area (Å²) < 4.78 is 7.91. The molecule has 3 rings (SSSR count). The summed E-state index contributed by atoms with van der Waals surface area (Å²) in [7, 11) is 0. The van der Waals surface area contributed by atoms with E-state index in [2.05, 4.69) is 37.7 Å². The Balaban J connectivity index is 2.16. The molecule has 2 aromatic rings. The van der Waals surface area contributed by atoms with Crippen molar-refractivity contribution >= 4 is 16.9 Å². The first-order chi connectivity index (χ1) is 11.0. The third-order valence-electron chi connectivity index (χ3n) is 4.28. The van der Waals surface area contributed by atoms with Crippen molar-refractivity contribution in [2.24, 2.45) is 0 Å². The van der Waals surface area contributed by atoms with Crippen molar-refractivity contribution < 1.29 is 4.74 Å². The summed E-state index contributed by atoms with van der Waals surface area (Å²) in [6, 6.07) is 0. The fourth-order valence-electron chi connectivity index (χ4n) is 3.39. The Bertz CT molecular complexity index is 686. The first-order valence-electron chi connectivity index (χ1n) is 8.67. The molecule has 0 aliphatic carbocycles. The Labute approximate surface area is 137 Å². The minimum absolute atomic E-state index is 0.206. The molecule has 2 atom stereocenters. The molecular weight excluding hydrogens is 290 g/mol. The smallest absolute Gasteiger partial charge is 0.158 e. The Hall–Kier alpha value is -1.69. The van der Waals surface area contributed by atoms with Crippen LogP contribution in [-0.2, 0) is 17.7 Å². The van der Waals surface area contributed by atoms with Crippen molar-refractivity contribution in [3.63, 3.8) is 0 Å². The molecule has 6 nitrogen and oxygen atoms in total. The number of hydrogen-bond acceptors (Lipinski definition) is 5. The minimum atomic E-state index is 0.206. The summed E-state index contributed by atoms with van der Waals surface area (Å²) >= 11 is 0. The van der Waals surface area contributed by atoms with Gasteiger partial charge < -0.3 is 9.64 Å². The van der Waals surface area contributed by atoms with E-state index in [0.717, 1.165) is 60.8 Å². The van der Waals surface area contributed by atoms with Gasteiger partial charge >= 0.3 is 0 Å². The summed E-state index contributed by atoms with van der Waals surface area (Å²) in [5.74, 6) is 1.93. The Kier molecular flexibility index (Phi) is 4.53. The normalized spacial score (nSPS) is 22.0. The van der Waals surface area contributed by atoms with E-state index in [-0.39, 0.29) is 12.2 Å². The van der Waals surface area contributed by atoms with Gasteiger partial charge in [0.25, 0.3) is 0 Å². The van der Waals surface area contributed by atoms with Gasteiger partial charge in [-0.2, -0.15) is 5.10 Å². The topological polar surface area (TPSA) is 56.1 Å². The summed E-state index contributed by atoms with van der Waals surface area (Å²) in [4.78, 5) is 12.0. The van der Waals surface area contributed by atoms with E-state index in [0.29, 0.717) is 0 Å². The monoisotopic (exact) mass is 317 g/mol. The average Bonchev–Trinajstić information content (AvgIpc) is 2.82. The van der Waals surface area contributed by atoms with Crippen LogP contribution in [0.2, 0.25) is 0 Å². The van der Waals surface area contributed by atoms with E-state index in [1.54, 1.807) is 0 Å². The molecule has 23 heavy (non-hydrogen) atoms. The minimum Gasteiger partial charge on any atom is -0.372 e. The average molecular weight is 317 g/mol. The predicted molar refractivity (Wildman–Crippen MR) is 92.0 cm³/mol. The molecule has 0 N–H and O–H groups in total. The van der Waals surface area contributed by atoms with Gasteiger partial charge in [-0.15, -0.1) is 0 Å². The van der Waals surface area contributed by atoms with Gasteiger partial charge in [-0.25, -0.2) is 9.97 Å². The molecule has 0 saturated carbocycles. The van der Waals surface area contributed by atoms with Crippen LogP contribution in [0.25, 0.3) is 11.0 Å². The zero-order valence-electron chi connectivity index (χ0n) is 14.8. The third kappa shape index (κ3) is 3.04. The number of anilines is 1. The van der Waals surface area contributed by atoms with Crippen molar-refractivity contribution in [2.45, 2.75) is 66.2 Å². The fourth-order valence-corrected chi connectivity index (χ4v) is 3.39. The van der Waals surface area contributed by atoms with Crippen molar-refractivity contribution in [3.05, 3.63) is 11.5 Å². The van der Waals surface area contributed by atoms with Gasteiger partial charge in [-0.05, 0) is 34.1 Å². The van der Waals surface area contributed by atoms with Gasteiger partial charge in [0.05, 0.1) is 17.9 Å². The second-order valence-electron chi connectivity index (χ2n) is 6.47. The molecule has 0 spiro atoms. The van der Waals surface area contributed by atoms with E-state index in [9.17, 15) is 0 Å². The van der Waals surface area contributed by atoms with Gasteiger partial charge in [-0.1, -0.05) is 6.92 Å². The lowest BCUT2D eigenvalue weighted by molar-refractivity contribution is -0.00540. The lowest BCUT2D eigenvalue weighted by Crippen LogP contribution is -2.46. The molecule has 0 aromatic carbocycles. The van der Waals surface area contributed by atoms with Crippen LogP contribution in [0.15, 0.2) is 0 Å². The highest BCUT2D eigenvalue weighted by molar-refractivity contribution is 5.88. The van der Waals surface area contributed by atoms with Crippen LogP contribution in [0.5, 0.6) is 0 Å². The summed E-state index contributed by atoms with van der Waals surface area (Å²) in [6.07, 6.45) is 2.35. The van der Waals surface area contributed by atoms with Crippen LogP contribution >= 0.6 is 0 Å². The Morgan fingerprint density at radius 2 is 1.83 bits per heavy atom. The van der Waals surface area contributed by atoms with Gasteiger partial charge in [0.1, 0.15) is 16.9 Å². The van der Waals surface area contributed by atoms with Gasteiger partial charge in [0, 0.05) is 26.1 Å². The van der Waals surface area contributed by atoms with Crippen LogP contribution in [0.4, 0.5) is 5.82 Å². The fraction of sp³-hybridized carbons (Fsp3) is 0.706. The summed E-state index contributed by atoms with van der Waals surface area (Å²) in [5.41, 5.74) is 3.04. The second-order valence-corrected chi connectivity index (χ2v) is 6.47. The zero-order valence-corrected chi connectivity index (χ0v) is 14.8. The SMILES string of the molecule is CCCc1nc(N2C[C@@H](C)O[C@H](C)C2)c2c(n1)c(C)nn2CC. The maximum atomic E-state index is 5.88. The Morgan fingerprint density at radius 1 is 1.13 bits per heavy atom. The molecule has 0 unspecified atom stereocenters. The van der Waals surface area contributed by atoms with Crippen LogP contribution in [0.3, 0.4) is 0 Å². The molecule has 0 amide bonds. The van der Waals surface area contributed by atoms with E-state index in [4.69, 9.17) is 14.7 Å². The van der Waals surface area contributed by atoms with E-state index < -0.39 is 0 Å². The summed E-state index contributed by atoms with van der Waals surface area (Å²) in [6.45, 7) is 13.1. The maximum Gasteiger partial charge on any atom is 0.158 e. The Morgan fingerprint density at radius 3 is 2.43 bits per heavy atom. The van der Waals surface area contributed by atoms with Crippen LogP contribution < -0.4 is 4.90 Å². The molecule has 126 valence electrons. The molecule has 0 radical (unpaired) electrons. The first kappa shape index (κ1) is 16.2. The number of morpholine rings is 1. The predicted octanol–water partition coefficient (Wildman–Crippen LogP) is 2.72. The standard InChI is InChI=1S/C17H27N5O/c1-6-8-14-18-15-13(5)20-22(7-2)16(15)17(19-14)21-9-11(3)23-12(4)10-21/h11-12H,6-10H2,1-5H3/t11-,12-/m1/s1. The van der Waals surface area contributed by atoms with Crippen LogP contribution in [-0.4, -0.2) is 45.0 Å². The molecule has 1 aliphatic rings. The number of rotatable bonds is 4. The number of nitrogens with zero attached hydrogens (tertiary/aromatic N) is 5. The van der Waals surface area contributed by atoms with E-state index in [1.807, 2.05) is 11.6 Å². The lowest BCUT2D eigenvalue weighted by Gasteiger charge is -2.36. The number of aryl methyl sites for hydroxylation is 3. The summed E-state index contributed by atoms with van der Waals surface area (Å²) in [5, 5.41) is 4.66. The molecule has 6 heteroatoms. The van der Waals surface area contributed by atoms with E-state index in [1.165, 1.54) is 0 Å². The lowest BCUT2D eigenvalue weighted by atomic mass is 10.2. The molecule has 2 aromatic heterocycles. The number of hydrogen-bond donors (Lipinski definition) is 0. The molecule has 1 aliphatic heterocycles. The maximum absolute atomic E-state index is 5.88. The largest absolute Gasteiger partial charge is 0.372 e. The van der Waals surface area contributed by atoms with Gasteiger partial charge in [-0.3, -0.25) is 4.68 Å². The quantitative estimate of drug-likeness (QED) is 0.868. The highest BCUT2D eigenvalue weighted by Gasteiger charge is 2.27.